The van der Waals surface area contributed by atoms with Crippen LogP contribution in [-0.2, 0) is 25.0 Å². The Morgan fingerprint density at radius 1 is 1.17 bits per heavy atom. The average molecular weight is 329 g/mol. The van der Waals surface area contributed by atoms with Gasteiger partial charge in [-0.2, -0.15) is 0 Å². The van der Waals surface area contributed by atoms with E-state index in [1.165, 1.54) is 6.92 Å². The molecule has 0 saturated carbocycles. The highest BCUT2D eigenvalue weighted by atomic mass is 16.9. The Bertz CT molecular complexity index is 632. The van der Waals surface area contributed by atoms with Crippen LogP contribution >= 0.6 is 0 Å². The number of ether oxygens (including phenoxy) is 3. The summed E-state index contributed by atoms with van der Waals surface area (Å²) in [5.74, 6) is 4.76. The predicted molar refractivity (Wildman–Crippen MR) is 88.9 cm³/mol. The van der Waals surface area contributed by atoms with Crippen LogP contribution in [0.1, 0.15) is 37.8 Å². The van der Waals surface area contributed by atoms with Crippen molar-refractivity contribution in [3.8, 4) is 11.8 Å². The maximum atomic E-state index is 10.8. The molecule has 0 atom stereocenters. The van der Waals surface area contributed by atoms with E-state index in [1.54, 1.807) is 0 Å². The van der Waals surface area contributed by atoms with Crippen LogP contribution in [0.5, 0.6) is 0 Å². The molecule has 3 aliphatic rings. The van der Waals surface area contributed by atoms with Crippen LogP contribution in [0, 0.1) is 17.3 Å². The fraction of sp³-hybridized carbons (Fsp3) is 0.526. The zero-order valence-electron chi connectivity index (χ0n) is 14.2. The lowest BCUT2D eigenvalue weighted by Crippen LogP contribution is -2.58. The van der Waals surface area contributed by atoms with Gasteiger partial charge in [0.05, 0.1) is 26.4 Å². The first-order valence-electron chi connectivity index (χ1n) is 8.33. The monoisotopic (exact) mass is 329 g/mol. The van der Waals surface area contributed by atoms with Gasteiger partial charge in [-0.3, -0.25) is 4.79 Å². The number of fused-ring (bicyclic) bond motifs is 3. The molecule has 2 bridgehead atoms. The van der Waals surface area contributed by atoms with Crippen molar-refractivity contribution in [3.63, 3.8) is 0 Å². The molecule has 0 unspecified atom stereocenters. The van der Waals surface area contributed by atoms with Gasteiger partial charge in [0, 0.05) is 23.5 Å². The molecule has 5 nitrogen and oxygen atoms in total. The van der Waals surface area contributed by atoms with Gasteiger partial charge in [0.2, 0.25) is 5.91 Å². The van der Waals surface area contributed by atoms with Crippen molar-refractivity contribution in [1.29, 1.82) is 0 Å². The summed E-state index contributed by atoms with van der Waals surface area (Å²) in [6.45, 7) is 5.98. The molecular weight excluding hydrogens is 306 g/mol. The second kappa shape index (κ2) is 6.94. The molecule has 0 radical (unpaired) electrons. The molecule has 0 spiro atoms. The molecule has 0 aromatic heterocycles. The van der Waals surface area contributed by atoms with Crippen molar-refractivity contribution in [3.05, 3.63) is 35.4 Å². The van der Waals surface area contributed by atoms with Crippen molar-refractivity contribution in [2.45, 2.75) is 32.7 Å². The Balaban J connectivity index is 1.65. The van der Waals surface area contributed by atoms with Gasteiger partial charge in [-0.05, 0) is 30.7 Å². The summed E-state index contributed by atoms with van der Waals surface area (Å²) in [6, 6.07) is 7.65. The summed E-state index contributed by atoms with van der Waals surface area (Å²) >= 11 is 0. The minimum Gasteiger partial charge on any atom is -0.345 e. The highest BCUT2D eigenvalue weighted by Crippen LogP contribution is 2.46. The van der Waals surface area contributed by atoms with Crippen LogP contribution < -0.4 is 5.32 Å². The summed E-state index contributed by atoms with van der Waals surface area (Å²) in [6.07, 6.45) is 2.14. The van der Waals surface area contributed by atoms with E-state index in [0.29, 0.717) is 26.4 Å². The van der Waals surface area contributed by atoms with Crippen LogP contribution in [0.3, 0.4) is 0 Å². The average Bonchev–Trinajstić information content (AvgIpc) is 2.61. The fourth-order valence-electron chi connectivity index (χ4n) is 3.06. The number of amides is 1. The number of nitrogens with one attached hydrogen (secondary N) is 1. The second-order valence-corrected chi connectivity index (χ2v) is 6.46. The van der Waals surface area contributed by atoms with Gasteiger partial charge in [0.15, 0.2) is 0 Å². The Hall–Kier alpha value is -1.87. The fourth-order valence-corrected chi connectivity index (χ4v) is 3.06. The van der Waals surface area contributed by atoms with E-state index >= 15 is 0 Å². The molecule has 1 aromatic rings. The third-order valence-corrected chi connectivity index (χ3v) is 4.38. The van der Waals surface area contributed by atoms with Gasteiger partial charge in [0.25, 0.3) is 0 Å². The molecule has 3 saturated heterocycles. The van der Waals surface area contributed by atoms with Gasteiger partial charge in [-0.1, -0.05) is 25.2 Å². The molecule has 4 rings (SSSR count). The minimum absolute atomic E-state index is 0.00558. The van der Waals surface area contributed by atoms with Crippen molar-refractivity contribution in [2.75, 3.05) is 26.4 Å². The lowest BCUT2D eigenvalue weighted by molar-refractivity contribution is -0.480. The number of hydrogen-bond donors (Lipinski definition) is 1. The molecule has 3 aliphatic heterocycles. The maximum absolute atomic E-state index is 10.8. The SMILES string of the molecule is CCCC12COC(c3ccc(C#CCNC(C)=O)cc3)(OC1)OC2. The molecule has 0 aliphatic carbocycles. The summed E-state index contributed by atoms with van der Waals surface area (Å²) in [7, 11) is 0. The highest BCUT2D eigenvalue weighted by molar-refractivity contribution is 5.73. The van der Waals surface area contributed by atoms with Crippen molar-refractivity contribution >= 4 is 5.91 Å². The standard InChI is InChI=1S/C19H23NO4/c1-3-10-18-12-22-19(23-13-18,24-14-18)17-8-6-16(7-9-17)5-4-11-20-15(2)21/h6-9H,3,10-14H2,1-2H3,(H,20,21). The topological polar surface area (TPSA) is 56.8 Å². The van der Waals surface area contributed by atoms with Gasteiger partial charge in [0.1, 0.15) is 0 Å². The van der Waals surface area contributed by atoms with Crippen LogP contribution in [0.2, 0.25) is 0 Å². The van der Waals surface area contributed by atoms with Gasteiger partial charge >= 0.3 is 5.97 Å². The third kappa shape index (κ3) is 3.46. The number of carbonyl (C=O) groups excluding carboxylic acids is 1. The van der Waals surface area contributed by atoms with E-state index in [1.807, 2.05) is 24.3 Å². The summed E-state index contributed by atoms with van der Waals surface area (Å²) in [4.78, 5) is 10.8. The molecule has 5 heteroatoms. The minimum atomic E-state index is -1.07. The zero-order valence-corrected chi connectivity index (χ0v) is 14.2. The van der Waals surface area contributed by atoms with Crippen molar-refractivity contribution in [2.24, 2.45) is 5.41 Å². The van der Waals surface area contributed by atoms with Crippen molar-refractivity contribution in [1.82, 2.24) is 5.32 Å². The van der Waals surface area contributed by atoms with E-state index in [9.17, 15) is 4.79 Å². The Kier molecular flexibility index (Phi) is 4.91. The van der Waals surface area contributed by atoms with Gasteiger partial charge < -0.3 is 19.5 Å². The molecular formula is C19H23NO4. The summed E-state index contributed by atoms with van der Waals surface area (Å²) < 4.78 is 17.8. The van der Waals surface area contributed by atoms with Crippen LogP contribution in [0.4, 0.5) is 0 Å². The lowest BCUT2D eigenvalue weighted by Gasteiger charge is -2.51. The predicted octanol–water partition coefficient (Wildman–Crippen LogP) is 2.15. The molecule has 3 heterocycles. The van der Waals surface area contributed by atoms with Crippen LogP contribution in [0.15, 0.2) is 24.3 Å². The van der Waals surface area contributed by atoms with Crippen molar-refractivity contribution < 1.29 is 19.0 Å². The number of benzene rings is 1. The lowest BCUT2D eigenvalue weighted by atomic mass is 9.83. The van der Waals surface area contributed by atoms with E-state index in [-0.39, 0.29) is 11.3 Å². The largest absolute Gasteiger partial charge is 0.345 e. The first-order valence-corrected chi connectivity index (χ1v) is 8.33. The number of carbonyl (C=O) groups is 1. The molecule has 24 heavy (non-hydrogen) atoms. The second-order valence-electron chi connectivity index (χ2n) is 6.46. The van der Waals surface area contributed by atoms with Gasteiger partial charge in [-0.15, -0.1) is 0 Å². The molecule has 3 fully saturated rings. The quantitative estimate of drug-likeness (QED) is 0.860. The highest BCUT2D eigenvalue weighted by Gasteiger charge is 2.53. The van der Waals surface area contributed by atoms with E-state index in [4.69, 9.17) is 14.2 Å². The first-order chi connectivity index (χ1) is 11.6. The summed E-state index contributed by atoms with van der Waals surface area (Å²) in [5, 5.41) is 2.64. The molecule has 1 N–H and O–H groups in total. The normalized spacial score (nSPS) is 28.1. The molecule has 1 aromatic carbocycles. The zero-order chi connectivity index (χ0) is 17.0. The Labute approximate surface area is 142 Å². The molecule has 1 amide bonds. The smallest absolute Gasteiger partial charge is 0.312 e. The Morgan fingerprint density at radius 2 is 1.79 bits per heavy atom. The van der Waals surface area contributed by atoms with E-state index < -0.39 is 5.97 Å². The number of rotatable bonds is 4. The third-order valence-electron chi connectivity index (χ3n) is 4.38. The number of hydrogen-bond acceptors (Lipinski definition) is 4. The van der Waals surface area contributed by atoms with E-state index in [0.717, 1.165) is 24.0 Å². The van der Waals surface area contributed by atoms with E-state index in [2.05, 4.69) is 24.1 Å². The molecule has 128 valence electrons. The first kappa shape index (κ1) is 17.0. The van der Waals surface area contributed by atoms with Gasteiger partial charge in [-0.25, -0.2) is 0 Å². The van der Waals surface area contributed by atoms with Crippen LogP contribution in [0.25, 0.3) is 0 Å². The Morgan fingerprint density at radius 3 is 2.33 bits per heavy atom. The van der Waals surface area contributed by atoms with Crippen LogP contribution in [-0.4, -0.2) is 32.3 Å². The summed E-state index contributed by atoms with van der Waals surface area (Å²) in [5.41, 5.74) is 1.72. The maximum Gasteiger partial charge on any atom is 0.312 e.